The van der Waals surface area contributed by atoms with Crippen molar-refractivity contribution in [2.24, 2.45) is 0 Å². The van der Waals surface area contributed by atoms with E-state index >= 15 is 0 Å². The first kappa shape index (κ1) is 38.7. The molecule has 0 fully saturated rings. The highest BCUT2D eigenvalue weighted by Crippen LogP contribution is 2.63. The lowest BCUT2D eigenvalue weighted by atomic mass is 9.70. The van der Waals surface area contributed by atoms with E-state index in [1.165, 1.54) is 77.9 Å². The molecule has 2 aliphatic carbocycles. The molecule has 2 aliphatic rings. The van der Waals surface area contributed by atoms with Crippen molar-refractivity contribution in [3.63, 3.8) is 0 Å². The van der Waals surface area contributed by atoms with Gasteiger partial charge < -0.3 is 0 Å². The minimum atomic E-state index is -0.439. The first-order valence-electron chi connectivity index (χ1n) is 23.1. The van der Waals surface area contributed by atoms with Crippen molar-refractivity contribution >= 4 is 0 Å². The summed E-state index contributed by atoms with van der Waals surface area (Å²) < 4.78 is 0. The van der Waals surface area contributed by atoms with Gasteiger partial charge in [-0.3, -0.25) is 0 Å². The molecule has 312 valence electrons. The number of rotatable bonds is 7. The third-order valence-corrected chi connectivity index (χ3v) is 14.0. The number of nitrogens with zero attached hydrogens (tertiary/aromatic N) is 2. The van der Waals surface area contributed by atoms with Gasteiger partial charge in [0.05, 0.1) is 16.8 Å². The van der Waals surface area contributed by atoms with Gasteiger partial charge in [0.25, 0.3) is 0 Å². The monoisotopic (exact) mass is 850 g/mol. The first-order valence-corrected chi connectivity index (χ1v) is 23.1. The Labute approximate surface area is 391 Å². The fourth-order valence-corrected chi connectivity index (χ4v) is 10.9. The van der Waals surface area contributed by atoms with Gasteiger partial charge in [0.15, 0.2) is 5.82 Å². The molecule has 1 heterocycles. The minimum Gasteiger partial charge on any atom is -0.228 e. The van der Waals surface area contributed by atoms with Gasteiger partial charge in [-0.05, 0) is 113 Å². The molecule has 0 unspecified atom stereocenters. The van der Waals surface area contributed by atoms with Crippen LogP contribution >= 0.6 is 0 Å². The molecule has 1 aromatic heterocycles. The van der Waals surface area contributed by atoms with Gasteiger partial charge in [-0.1, -0.05) is 231 Å². The molecular weight excluding hydrogens is 809 g/mol. The van der Waals surface area contributed by atoms with Crippen molar-refractivity contribution in [2.75, 3.05) is 0 Å². The van der Waals surface area contributed by atoms with Crippen LogP contribution in [0.2, 0.25) is 0 Å². The van der Waals surface area contributed by atoms with E-state index in [0.29, 0.717) is 5.82 Å². The van der Waals surface area contributed by atoms with Gasteiger partial charge in [-0.15, -0.1) is 0 Å². The fraction of sp³-hybridized carbons (Fsp3) is 0.0154. The molecule has 0 saturated heterocycles. The molecule has 2 nitrogen and oxygen atoms in total. The van der Waals surface area contributed by atoms with Crippen LogP contribution in [-0.4, -0.2) is 9.97 Å². The molecular formula is C65H42N2. The molecule has 11 aromatic rings. The zero-order valence-corrected chi connectivity index (χ0v) is 36.6. The highest BCUT2D eigenvalue weighted by Gasteiger charge is 2.51. The number of fused-ring (bicyclic) bond motifs is 10. The molecule has 13 rings (SSSR count). The van der Waals surface area contributed by atoms with Gasteiger partial charge in [-0.25, -0.2) is 9.97 Å². The van der Waals surface area contributed by atoms with Gasteiger partial charge >= 0.3 is 0 Å². The van der Waals surface area contributed by atoms with Crippen LogP contribution in [0.15, 0.2) is 255 Å². The lowest BCUT2D eigenvalue weighted by molar-refractivity contribution is 0.794. The van der Waals surface area contributed by atoms with E-state index in [-0.39, 0.29) is 0 Å². The highest BCUT2D eigenvalue weighted by atomic mass is 14.9. The molecule has 1 spiro atoms. The molecule has 2 heteroatoms. The van der Waals surface area contributed by atoms with Crippen LogP contribution in [0.25, 0.3) is 101 Å². The summed E-state index contributed by atoms with van der Waals surface area (Å²) in [6, 6.07) is 92.6. The lowest BCUT2D eigenvalue weighted by Crippen LogP contribution is -2.25. The largest absolute Gasteiger partial charge is 0.228 e. The molecule has 0 aliphatic heterocycles. The molecule has 0 radical (unpaired) electrons. The Morgan fingerprint density at radius 1 is 0.209 bits per heavy atom. The maximum atomic E-state index is 5.14. The van der Waals surface area contributed by atoms with Crippen LogP contribution in [0.5, 0.6) is 0 Å². The molecule has 0 bridgehead atoms. The number of aromatic nitrogens is 2. The van der Waals surface area contributed by atoms with Gasteiger partial charge in [0, 0.05) is 16.7 Å². The predicted molar refractivity (Wildman–Crippen MR) is 276 cm³/mol. The molecule has 67 heavy (non-hydrogen) atoms. The Balaban J connectivity index is 0.957. The lowest BCUT2D eigenvalue weighted by Gasteiger charge is -2.31. The molecule has 0 amide bonds. The van der Waals surface area contributed by atoms with E-state index < -0.39 is 5.41 Å². The second kappa shape index (κ2) is 15.8. The van der Waals surface area contributed by atoms with Crippen LogP contribution in [0.1, 0.15) is 22.3 Å². The third-order valence-electron chi connectivity index (χ3n) is 14.0. The Kier molecular flexibility index (Phi) is 9.11. The van der Waals surface area contributed by atoms with Crippen molar-refractivity contribution in [3.05, 3.63) is 277 Å². The highest BCUT2D eigenvalue weighted by molar-refractivity contribution is 5.99. The second-order valence-electron chi connectivity index (χ2n) is 17.6. The van der Waals surface area contributed by atoms with Gasteiger partial charge in [0.2, 0.25) is 0 Å². The Hall–Kier alpha value is -8.72. The summed E-state index contributed by atoms with van der Waals surface area (Å²) >= 11 is 0. The van der Waals surface area contributed by atoms with Crippen molar-refractivity contribution in [1.29, 1.82) is 0 Å². The van der Waals surface area contributed by atoms with Crippen LogP contribution in [0, 0.1) is 0 Å². The van der Waals surface area contributed by atoms with Crippen LogP contribution < -0.4 is 0 Å². The Morgan fingerprint density at radius 2 is 0.597 bits per heavy atom. The zero-order valence-electron chi connectivity index (χ0n) is 36.6. The van der Waals surface area contributed by atoms with Crippen molar-refractivity contribution in [1.82, 2.24) is 9.97 Å². The molecule has 0 N–H and O–H groups in total. The van der Waals surface area contributed by atoms with E-state index in [1.54, 1.807) is 0 Å². The third kappa shape index (κ3) is 6.33. The maximum Gasteiger partial charge on any atom is 0.160 e. The van der Waals surface area contributed by atoms with Crippen LogP contribution in [0.3, 0.4) is 0 Å². The SMILES string of the molecule is c1ccc(-c2ccc(-c3cc4c(cc3-c3ccc(-c5cccc(-c6cc(-c7ccccc7)nc(-c7ccccc7)n6)c5)cc3)C3(c5ccccc5-c5ccccc53)c3ccccc3-4)cc2)cc1. The van der Waals surface area contributed by atoms with E-state index in [1.807, 2.05) is 24.3 Å². The van der Waals surface area contributed by atoms with Crippen LogP contribution in [-0.2, 0) is 5.41 Å². The summed E-state index contributed by atoms with van der Waals surface area (Å²) in [5, 5.41) is 0. The van der Waals surface area contributed by atoms with Crippen molar-refractivity contribution < 1.29 is 0 Å². The summed E-state index contributed by atoms with van der Waals surface area (Å²) in [7, 11) is 0. The maximum absolute atomic E-state index is 5.14. The van der Waals surface area contributed by atoms with Gasteiger partial charge in [-0.2, -0.15) is 0 Å². The average Bonchev–Trinajstić information content (AvgIpc) is 3.88. The minimum absolute atomic E-state index is 0.439. The molecule has 10 aromatic carbocycles. The van der Waals surface area contributed by atoms with E-state index in [0.717, 1.165) is 39.2 Å². The fourth-order valence-electron chi connectivity index (χ4n) is 10.9. The zero-order chi connectivity index (χ0) is 44.3. The number of hydrogen-bond acceptors (Lipinski definition) is 2. The van der Waals surface area contributed by atoms with E-state index in [2.05, 4.69) is 231 Å². The standard InChI is InChI=1S/C65H42N2/c1-4-17-43(18-5-1)44-31-35-46(36-32-44)55-40-57-54-27-12-15-30-60(54)65(58-28-13-10-25-52(58)53-26-11-14-29-59(53)65)61(57)41-56(55)47-37-33-45(34-38-47)50-23-16-24-51(39-50)63-42-62(48-19-6-2-7-20-48)66-64(67-63)49-21-8-3-9-22-49/h1-42H. The Morgan fingerprint density at radius 3 is 1.16 bits per heavy atom. The number of hydrogen-bond donors (Lipinski definition) is 0. The number of benzene rings is 10. The summed E-state index contributed by atoms with van der Waals surface area (Å²) in [6.07, 6.45) is 0. The molecule has 0 atom stereocenters. The smallest absolute Gasteiger partial charge is 0.160 e. The van der Waals surface area contributed by atoms with E-state index in [9.17, 15) is 0 Å². The average molecular weight is 851 g/mol. The normalized spacial score (nSPS) is 12.6. The summed E-state index contributed by atoms with van der Waals surface area (Å²) in [6.45, 7) is 0. The van der Waals surface area contributed by atoms with Crippen LogP contribution in [0.4, 0.5) is 0 Å². The summed E-state index contributed by atoms with van der Waals surface area (Å²) in [4.78, 5) is 10.2. The predicted octanol–water partition coefficient (Wildman–Crippen LogP) is 16.5. The van der Waals surface area contributed by atoms with E-state index in [4.69, 9.17) is 9.97 Å². The first-order chi connectivity index (χ1) is 33.2. The summed E-state index contributed by atoms with van der Waals surface area (Å²) in [5.41, 5.74) is 24.5. The second-order valence-corrected chi connectivity index (χ2v) is 17.6. The van der Waals surface area contributed by atoms with Crippen molar-refractivity contribution in [2.45, 2.75) is 5.41 Å². The molecule has 0 saturated carbocycles. The topological polar surface area (TPSA) is 25.8 Å². The summed E-state index contributed by atoms with van der Waals surface area (Å²) in [5.74, 6) is 0.709. The quantitative estimate of drug-likeness (QED) is 0.160. The van der Waals surface area contributed by atoms with Crippen molar-refractivity contribution in [3.8, 4) is 101 Å². The van der Waals surface area contributed by atoms with Gasteiger partial charge in [0.1, 0.15) is 0 Å². The Bertz CT molecular complexity index is 3550.